The van der Waals surface area contributed by atoms with Crippen molar-refractivity contribution in [3.8, 4) is 0 Å². The van der Waals surface area contributed by atoms with Crippen molar-refractivity contribution in [2.24, 2.45) is 5.92 Å². The van der Waals surface area contributed by atoms with Gasteiger partial charge in [0, 0.05) is 12.6 Å². The topological polar surface area (TPSA) is 28.4 Å². The SMILES string of the molecule is Cc1cc(CN(C)CC2CCCCC2)oc1CNC1CC1. The maximum absolute atomic E-state index is 6.05. The zero-order chi connectivity index (χ0) is 14.7. The van der Waals surface area contributed by atoms with Crippen LogP contribution in [0.3, 0.4) is 0 Å². The summed E-state index contributed by atoms with van der Waals surface area (Å²) in [6.07, 6.45) is 9.78. The Morgan fingerprint density at radius 1 is 1.19 bits per heavy atom. The van der Waals surface area contributed by atoms with Crippen LogP contribution in [0.5, 0.6) is 0 Å². The maximum atomic E-state index is 6.05. The van der Waals surface area contributed by atoms with Gasteiger partial charge in [-0.1, -0.05) is 19.3 Å². The van der Waals surface area contributed by atoms with Crippen LogP contribution in [-0.4, -0.2) is 24.5 Å². The Morgan fingerprint density at radius 3 is 2.67 bits per heavy atom. The van der Waals surface area contributed by atoms with Gasteiger partial charge in [-0.05, 0) is 57.2 Å². The molecule has 0 aliphatic heterocycles. The van der Waals surface area contributed by atoms with Gasteiger partial charge < -0.3 is 9.73 Å². The van der Waals surface area contributed by atoms with Gasteiger partial charge in [-0.15, -0.1) is 0 Å². The molecule has 2 fully saturated rings. The van der Waals surface area contributed by atoms with E-state index in [2.05, 4.69) is 30.3 Å². The first-order chi connectivity index (χ1) is 10.2. The summed E-state index contributed by atoms with van der Waals surface area (Å²) in [5.74, 6) is 3.15. The third-order valence-corrected chi connectivity index (χ3v) is 4.92. The maximum Gasteiger partial charge on any atom is 0.120 e. The highest BCUT2D eigenvalue weighted by molar-refractivity contribution is 5.20. The molecule has 0 radical (unpaired) electrons. The summed E-state index contributed by atoms with van der Waals surface area (Å²) in [5, 5.41) is 3.54. The van der Waals surface area contributed by atoms with Crippen LogP contribution in [0.2, 0.25) is 0 Å². The van der Waals surface area contributed by atoms with Gasteiger partial charge in [-0.3, -0.25) is 4.90 Å². The van der Waals surface area contributed by atoms with Crippen LogP contribution >= 0.6 is 0 Å². The summed E-state index contributed by atoms with van der Waals surface area (Å²) in [7, 11) is 2.23. The minimum Gasteiger partial charge on any atom is -0.463 e. The minimum atomic E-state index is 0.743. The summed E-state index contributed by atoms with van der Waals surface area (Å²) in [6.45, 7) is 5.22. The molecule has 3 heteroatoms. The van der Waals surface area contributed by atoms with E-state index >= 15 is 0 Å². The van der Waals surface area contributed by atoms with E-state index in [4.69, 9.17) is 4.42 Å². The monoisotopic (exact) mass is 290 g/mol. The van der Waals surface area contributed by atoms with Crippen LogP contribution in [0.15, 0.2) is 10.5 Å². The highest BCUT2D eigenvalue weighted by atomic mass is 16.3. The molecule has 0 spiro atoms. The molecule has 0 atom stereocenters. The van der Waals surface area contributed by atoms with E-state index in [0.29, 0.717) is 0 Å². The smallest absolute Gasteiger partial charge is 0.120 e. The van der Waals surface area contributed by atoms with Crippen molar-refractivity contribution < 1.29 is 4.42 Å². The average molecular weight is 290 g/mol. The van der Waals surface area contributed by atoms with E-state index in [1.54, 1.807) is 0 Å². The van der Waals surface area contributed by atoms with Gasteiger partial charge in [-0.2, -0.15) is 0 Å². The van der Waals surface area contributed by atoms with Gasteiger partial charge in [0.1, 0.15) is 11.5 Å². The number of aryl methyl sites for hydroxylation is 1. The minimum absolute atomic E-state index is 0.743. The van der Waals surface area contributed by atoms with Crippen molar-refractivity contribution >= 4 is 0 Å². The van der Waals surface area contributed by atoms with Crippen molar-refractivity contribution in [1.82, 2.24) is 10.2 Å². The zero-order valence-electron chi connectivity index (χ0n) is 13.7. The zero-order valence-corrected chi connectivity index (χ0v) is 13.7. The second kappa shape index (κ2) is 6.97. The number of furan rings is 1. The third-order valence-electron chi connectivity index (χ3n) is 4.92. The third kappa shape index (κ3) is 4.58. The van der Waals surface area contributed by atoms with E-state index in [0.717, 1.165) is 36.6 Å². The van der Waals surface area contributed by atoms with Crippen LogP contribution in [0.4, 0.5) is 0 Å². The summed E-state index contributed by atoms with van der Waals surface area (Å²) >= 11 is 0. The van der Waals surface area contributed by atoms with Crippen LogP contribution in [0.1, 0.15) is 62.0 Å². The molecule has 3 rings (SSSR count). The molecular weight excluding hydrogens is 260 g/mol. The first kappa shape index (κ1) is 15.1. The molecule has 3 nitrogen and oxygen atoms in total. The molecule has 1 aromatic heterocycles. The molecule has 21 heavy (non-hydrogen) atoms. The quantitative estimate of drug-likeness (QED) is 0.827. The number of nitrogens with zero attached hydrogens (tertiary/aromatic N) is 1. The molecule has 0 amide bonds. The molecule has 1 heterocycles. The average Bonchev–Trinajstić information content (AvgIpc) is 3.22. The molecule has 0 bridgehead atoms. The molecular formula is C18H30N2O. The van der Waals surface area contributed by atoms with E-state index in [1.807, 2.05) is 0 Å². The molecule has 2 saturated carbocycles. The molecule has 0 unspecified atom stereocenters. The summed E-state index contributed by atoms with van der Waals surface area (Å²) < 4.78 is 6.05. The standard InChI is InChI=1S/C18H30N2O/c1-14-10-17(21-18(14)11-19-16-8-9-16)13-20(2)12-15-6-4-3-5-7-15/h10,15-16,19H,3-9,11-13H2,1-2H3. The lowest BCUT2D eigenvalue weighted by molar-refractivity contribution is 0.214. The Morgan fingerprint density at radius 2 is 1.95 bits per heavy atom. The van der Waals surface area contributed by atoms with Gasteiger partial charge >= 0.3 is 0 Å². The Kier molecular flexibility index (Phi) is 5.02. The van der Waals surface area contributed by atoms with Gasteiger partial charge in [0.05, 0.1) is 13.1 Å². The van der Waals surface area contributed by atoms with Crippen LogP contribution in [0.25, 0.3) is 0 Å². The van der Waals surface area contributed by atoms with Gasteiger partial charge in [0.25, 0.3) is 0 Å². The lowest BCUT2D eigenvalue weighted by Gasteiger charge is -2.26. The predicted octanol–water partition coefficient (Wildman–Crippen LogP) is 3.85. The molecule has 2 aliphatic rings. The van der Waals surface area contributed by atoms with Crippen molar-refractivity contribution in [3.63, 3.8) is 0 Å². The van der Waals surface area contributed by atoms with Crippen LogP contribution in [-0.2, 0) is 13.1 Å². The number of nitrogens with one attached hydrogen (secondary N) is 1. The van der Waals surface area contributed by atoms with Gasteiger partial charge in [-0.25, -0.2) is 0 Å². The summed E-state index contributed by atoms with van der Waals surface area (Å²) in [5.41, 5.74) is 1.30. The van der Waals surface area contributed by atoms with Crippen molar-refractivity contribution in [2.75, 3.05) is 13.6 Å². The van der Waals surface area contributed by atoms with Crippen molar-refractivity contribution in [2.45, 2.75) is 71.0 Å². The largest absolute Gasteiger partial charge is 0.463 e. The van der Waals surface area contributed by atoms with Crippen LogP contribution < -0.4 is 5.32 Å². The first-order valence-corrected chi connectivity index (χ1v) is 8.71. The lowest BCUT2D eigenvalue weighted by Crippen LogP contribution is -2.26. The Balaban J connectivity index is 1.47. The normalized spacial score (nSPS) is 20.3. The fourth-order valence-electron chi connectivity index (χ4n) is 3.51. The van der Waals surface area contributed by atoms with E-state index in [1.165, 1.54) is 57.1 Å². The molecule has 0 saturated heterocycles. The van der Waals surface area contributed by atoms with Gasteiger partial charge in [0.2, 0.25) is 0 Å². The van der Waals surface area contributed by atoms with Crippen LogP contribution in [0, 0.1) is 12.8 Å². The summed E-state index contributed by atoms with van der Waals surface area (Å²) in [6, 6.07) is 2.97. The van der Waals surface area contributed by atoms with E-state index < -0.39 is 0 Å². The Labute approximate surface area is 129 Å². The highest BCUT2D eigenvalue weighted by Crippen LogP contribution is 2.25. The first-order valence-electron chi connectivity index (χ1n) is 8.71. The molecule has 2 aliphatic carbocycles. The lowest BCUT2D eigenvalue weighted by atomic mass is 9.89. The number of rotatable bonds is 7. The fourth-order valence-corrected chi connectivity index (χ4v) is 3.51. The molecule has 0 aromatic carbocycles. The van der Waals surface area contributed by atoms with Gasteiger partial charge in [0.15, 0.2) is 0 Å². The molecule has 1 aromatic rings. The highest BCUT2D eigenvalue weighted by Gasteiger charge is 2.21. The second-order valence-electron chi connectivity index (χ2n) is 7.17. The Bertz CT molecular complexity index is 444. The van der Waals surface area contributed by atoms with E-state index in [9.17, 15) is 0 Å². The Hall–Kier alpha value is -0.800. The predicted molar refractivity (Wildman–Crippen MR) is 86.2 cm³/mol. The summed E-state index contributed by atoms with van der Waals surface area (Å²) in [4.78, 5) is 2.44. The second-order valence-corrected chi connectivity index (χ2v) is 7.17. The van der Waals surface area contributed by atoms with Crippen molar-refractivity contribution in [1.29, 1.82) is 0 Å². The molecule has 1 N–H and O–H groups in total. The van der Waals surface area contributed by atoms with E-state index in [-0.39, 0.29) is 0 Å². The molecule has 118 valence electrons. The van der Waals surface area contributed by atoms with Crippen molar-refractivity contribution in [3.05, 3.63) is 23.2 Å². The fraction of sp³-hybridized carbons (Fsp3) is 0.778. The number of hydrogen-bond donors (Lipinski definition) is 1. The number of hydrogen-bond acceptors (Lipinski definition) is 3.